The number of benzene rings is 1. The van der Waals surface area contributed by atoms with Gasteiger partial charge in [0.25, 0.3) is 5.91 Å². The van der Waals surface area contributed by atoms with E-state index >= 15 is 0 Å². The number of esters is 1. The molecule has 0 aliphatic heterocycles. The number of carbonyl (C=O) groups excluding carboxylic acids is 3. The number of para-hydroxylation sites is 1. The van der Waals surface area contributed by atoms with Crippen molar-refractivity contribution < 1.29 is 23.5 Å². The molecule has 8 heteroatoms. The standard InChI is InChI=1S/C20H19N3O5/c1-3-21-20(26)23-18(24)12(2)28-19(25)14-11-16(17-9-6-10-27-17)22-15-8-5-4-7-13(14)15/h4-12H,3H2,1-2H3,(H2,21,23,24,26)/t12-/m1/s1. The highest BCUT2D eigenvalue weighted by Gasteiger charge is 2.23. The Morgan fingerprint density at radius 2 is 1.96 bits per heavy atom. The zero-order valence-electron chi connectivity index (χ0n) is 15.4. The summed E-state index contributed by atoms with van der Waals surface area (Å²) in [6, 6.07) is 11.4. The third kappa shape index (κ3) is 4.17. The number of nitrogens with one attached hydrogen (secondary N) is 2. The number of urea groups is 1. The molecular formula is C20H19N3O5. The van der Waals surface area contributed by atoms with Crippen LogP contribution < -0.4 is 10.6 Å². The highest BCUT2D eigenvalue weighted by atomic mass is 16.5. The molecule has 0 unspecified atom stereocenters. The van der Waals surface area contributed by atoms with E-state index in [0.717, 1.165) is 0 Å². The van der Waals surface area contributed by atoms with Gasteiger partial charge in [-0.25, -0.2) is 14.6 Å². The van der Waals surface area contributed by atoms with E-state index in [9.17, 15) is 14.4 Å². The van der Waals surface area contributed by atoms with Crippen LogP contribution in [0.1, 0.15) is 24.2 Å². The molecule has 3 amide bonds. The van der Waals surface area contributed by atoms with Gasteiger partial charge in [0.15, 0.2) is 11.9 Å². The van der Waals surface area contributed by atoms with Gasteiger partial charge in [0, 0.05) is 11.9 Å². The number of nitrogens with zero attached hydrogens (tertiary/aromatic N) is 1. The summed E-state index contributed by atoms with van der Waals surface area (Å²) in [5, 5.41) is 5.13. The number of amides is 3. The van der Waals surface area contributed by atoms with E-state index in [-0.39, 0.29) is 5.56 Å². The zero-order chi connectivity index (χ0) is 20.1. The van der Waals surface area contributed by atoms with Crippen LogP contribution in [-0.4, -0.2) is 35.5 Å². The van der Waals surface area contributed by atoms with E-state index in [4.69, 9.17) is 9.15 Å². The molecule has 1 aromatic carbocycles. The van der Waals surface area contributed by atoms with Crippen LogP contribution in [0.4, 0.5) is 4.79 Å². The molecule has 3 aromatic rings. The van der Waals surface area contributed by atoms with Crippen LogP contribution in [0.2, 0.25) is 0 Å². The van der Waals surface area contributed by atoms with Crippen LogP contribution in [0, 0.1) is 0 Å². The molecule has 0 saturated heterocycles. The molecule has 2 heterocycles. The van der Waals surface area contributed by atoms with Gasteiger partial charge < -0.3 is 14.5 Å². The fourth-order valence-corrected chi connectivity index (χ4v) is 2.59. The van der Waals surface area contributed by atoms with E-state index < -0.39 is 24.0 Å². The van der Waals surface area contributed by atoms with Crippen molar-refractivity contribution in [1.82, 2.24) is 15.6 Å². The Morgan fingerprint density at radius 3 is 2.68 bits per heavy atom. The van der Waals surface area contributed by atoms with E-state index in [0.29, 0.717) is 28.9 Å². The van der Waals surface area contributed by atoms with Crippen LogP contribution >= 0.6 is 0 Å². The number of carbonyl (C=O) groups is 3. The van der Waals surface area contributed by atoms with Crippen molar-refractivity contribution in [2.45, 2.75) is 20.0 Å². The zero-order valence-corrected chi connectivity index (χ0v) is 15.4. The van der Waals surface area contributed by atoms with Crippen molar-refractivity contribution in [3.05, 3.63) is 54.3 Å². The Kier molecular flexibility index (Phi) is 5.69. The fourth-order valence-electron chi connectivity index (χ4n) is 2.59. The van der Waals surface area contributed by atoms with Gasteiger partial charge in [-0.3, -0.25) is 10.1 Å². The number of hydrogen-bond acceptors (Lipinski definition) is 6. The van der Waals surface area contributed by atoms with Gasteiger partial charge in [-0.2, -0.15) is 0 Å². The first-order valence-corrected chi connectivity index (χ1v) is 8.73. The van der Waals surface area contributed by atoms with Crippen molar-refractivity contribution >= 4 is 28.8 Å². The Bertz CT molecular complexity index is 1010. The second-order valence-electron chi connectivity index (χ2n) is 5.95. The average molecular weight is 381 g/mol. The molecule has 144 valence electrons. The summed E-state index contributed by atoms with van der Waals surface area (Å²) in [6.45, 7) is 3.48. The number of furan rings is 1. The lowest BCUT2D eigenvalue weighted by molar-refractivity contribution is -0.127. The van der Waals surface area contributed by atoms with Crippen molar-refractivity contribution in [2.24, 2.45) is 0 Å². The normalized spacial score (nSPS) is 11.6. The summed E-state index contributed by atoms with van der Waals surface area (Å²) in [4.78, 5) is 40.7. The summed E-state index contributed by atoms with van der Waals surface area (Å²) < 4.78 is 10.6. The SMILES string of the molecule is CCNC(=O)NC(=O)[C@@H](C)OC(=O)c1cc(-c2ccco2)nc2ccccc12. The minimum Gasteiger partial charge on any atom is -0.463 e. The summed E-state index contributed by atoms with van der Waals surface area (Å²) in [5.74, 6) is -0.921. The molecule has 0 fully saturated rings. The molecule has 0 aliphatic carbocycles. The molecule has 0 spiro atoms. The summed E-state index contributed by atoms with van der Waals surface area (Å²) in [7, 11) is 0. The minimum atomic E-state index is -1.16. The van der Waals surface area contributed by atoms with Crippen LogP contribution in [0.15, 0.2) is 53.1 Å². The van der Waals surface area contributed by atoms with Gasteiger partial charge in [-0.1, -0.05) is 18.2 Å². The third-order valence-electron chi connectivity index (χ3n) is 3.94. The minimum absolute atomic E-state index is 0.245. The smallest absolute Gasteiger partial charge is 0.339 e. The van der Waals surface area contributed by atoms with Gasteiger partial charge in [0.1, 0.15) is 5.69 Å². The van der Waals surface area contributed by atoms with E-state index in [1.54, 1.807) is 49.4 Å². The summed E-state index contributed by atoms with van der Waals surface area (Å²) in [6.07, 6.45) is 0.354. The van der Waals surface area contributed by atoms with Crippen LogP contribution in [0.3, 0.4) is 0 Å². The number of pyridine rings is 1. The third-order valence-corrected chi connectivity index (χ3v) is 3.94. The van der Waals surface area contributed by atoms with Crippen molar-refractivity contribution in [2.75, 3.05) is 6.54 Å². The molecule has 3 rings (SSSR count). The maximum Gasteiger partial charge on any atom is 0.339 e. The highest BCUT2D eigenvalue weighted by molar-refractivity contribution is 6.05. The monoisotopic (exact) mass is 381 g/mol. The molecule has 1 atom stereocenters. The topological polar surface area (TPSA) is 111 Å². The first kappa shape index (κ1) is 19.1. The number of ether oxygens (including phenoxy) is 1. The largest absolute Gasteiger partial charge is 0.463 e. The lowest BCUT2D eigenvalue weighted by atomic mass is 10.1. The highest BCUT2D eigenvalue weighted by Crippen LogP contribution is 2.26. The number of imide groups is 1. The number of hydrogen-bond donors (Lipinski definition) is 2. The maximum absolute atomic E-state index is 12.7. The molecule has 8 nitrogen and oxygen atoms in total. The number of rotatable bonds is 5. The van der Waals surface area contributed by atoms with E-state index in [1.807, 2.05) is 0 Å². The predicted molar refractivity (Wildman–Crippen MR) is 102 cm³/mol. The van der Waals surface area contributed by atoms with Crippen molar-refractivity contribution in [3.8, 4) is 11.5 Å². The molecule has 0 saturated carbocycles. The molecule has 0 aliphatic rings. The second kappa shape index (κ2) is 8.34. The van der Waals surface area contributed by atoms with Gasteiger partial charge >= 0.3 is 12.0 Å². The van der Waals surface area contributed by atoms with Crippen molar-refractivity contribution in [1.29, 1.82) is 0 Å². The van der Waals surface area contributed by atoms with Crippen LogP contribution in [0.5, 0.6) is 0 Å². The lowest BCUT2D eigenvalue weighted by Gasteiger charge is -2.14. The Balaban J connectivity index is 1.86. The Hall–Kier alpha value is -3.68. The van der Waals surface area contributed by atoms with Crippen LogP contribution in [0.25, 0.3) is 22.4 Å². The predicted octanol–water partition coefficient (Wildman–Crippen LogP) is 2.89. The molecule has 0 bridgehead atoms. The molecule has 28 heavy (non-hydrogen) atoms. The summed E-state index contributed by atoms with van der Waals surface area (Å²) in [5.41, 5.74) is 1.30. The summed E-state index contributed by atoms with van der Waals surface area (Å²) >= 11 is 0. The first-order chi connectivity index (χ1) is 13.5. The van der Waals surface area contributed by atoms with Gasteiger partial charge in [-0.15, -0.1) is 0 Å². The van der Waals surface area contributed by atoms with Crippen LogP contribution in [-0.2, 0) is 9.53 Å². The van der Waals surface area contributed by atoms with Gasteiger partial charge in [0.05, 0.1) is 17.3 Å². The first-order valence-electron chi connectivity index (χ1n) is 8.73. The maximum atomic E-state index is 12.7. The Morgan fingerprint density at radius 1 is 1.18 bits per heavy atom. The molecule has 2 N–H and O–H groups in total. The molecule has 2 aromatic heterocycles. The molecular weight excluding hydrogens is 362 g/mol. The fraction of sp³-hybridized carbons (Fsp3) is 0.200. The Labute approximate surface area is 160 Å². The quantitative estimate of drug-likeness (QED) is 0.658. The van der Waals surface area contributed by atoms with Gasteiger partial charge in [-0.05, 0) is 38.1 Å². The number of aromatic nitrogens is 1. The second-order valence-corrected chi connectivity index (χ2v) is 5.95. The number of fused-ring (bicyclic) bond motifs is 1. The van der Waals surface area contributed by atoms with Crippen molar-refractivity contribution in [3.63, 3.8) is 0 Å². The van der Waals surface area contributed by atoms with E-state index in [2.05, 4.69) is 15.6 Å². The average Bonchev–Trinajstić information content (AvgIpc) is 3.22. The van der Waals surface area contributed by atoms with Gasteiger partial charge in [0.2, 0.25) is 0 Å². The van der Waals surface area contributed by atoms with E-state index in [1.165, 1.54) is 13.2 Å². The molecule has 0 radical (unpaired) electrons. The lowest BCUT2D eigenvalue weighted by Crippen LogP contribution is -2.44.